The highest BCUT2D eigenvalue weighted by Crippen LogP contribution is 2.19. The Morgan fingerprint density at radius 2 is 1.94 bits per heavy atom. The van der Waals surface area contributed by atoms with E-state index in [0.717, 1.165) is 18.4 Å². The minimum atomic E-state index is -0.191. The van der Waals surface area contributed by atoms with Crippen LogP contribution in [0.5, 0.6) is 0 Å². The second kappa shape index (κ2) is 8.08. The van der Waals surface area contributed by atoms with E-state index in [2.05, 4.69) is 39.5 Å². The molecule has 17 heavy (non-hydrogen) atoms. The summed E-state index contributed by atoms with van der Waals surface area (Å²) >= 11 is 0. The minimum absolute atomic E-state index is 0.191. The topological polar surface area (TPSA) is 9.23 Å². The first-order valence-corrected chi connectivity index (χ1v) is 6.10. The summed E-state index contributed by atoms with van der Waals surface area (Å²) in [6, 6.07) is 0. The van der Waals surface area contributed by atoms with Crippen molar-refractivity contribution in [1.82, 2.24) is 0 Å². The van der Waals surface area contributed by atoms with Crippen molar-refractivity contribution in [3.05, 3.63) is 48.1 Å². The highest BCUT2D eigenvalue weighted by atomic mass is 16.5. The lowest BCUT2D eigenvalue weighted by atomic mass is 9.98. The molecule has 0 radical (unpaired) electrons. The van der Waals surface area contributed by atoms with Gasteiger partial charge in [-0.15, -0.1) is 0 Å². The smallest absolute Gasteiger partial charge is 0.0836 e. The van der Waals surface area contributed by atoms with Gasteiger partial charge in [-0.05, 0) is 40.5 Å². The summed E-state index contributed by atoms with van der Waals surface area (Å²) in [5.74, 6) is 0. The van der Waals surface area contributed by atoms with Crippen molar-refractivity contribution in [3.8, 4) is 0 Å². The molecule has 0 saturated heterocycles. The Balaban J connectivity index is 4.46. The first kappa shape index (κ1) is 15.9. The largest absolute Gasteiger partial charge is 0.374 e. The van der Waals surface area contributed by atoms with Crippen molar-refractivity contribution in [2.24, 2.45) is 0 Å². The maximum atomic E-state index is 5.56. The van der Waals surface area contributed by atoms with E-state index in [1.54, 1.807) is 7.11 Å². The molecule has 0 saturated carbocycles. The molecule has 0 aliphatic carbocycles. The fourth-order valence-corrected chi connectivity index (χ4v) is 1.37. The van der Waals surface area contributed by atoms with Gasteiger partial charge in [-0.25, -0.2) is 0 Å². The third-order valence-corrected chi connectivity index (χ3v) is 2.79. The van der Waals surface area contributed by atoms with Gasteiger partial charge in [0.15, 0.2) is 0 Å². The Kier molecular flexibility index (Phi) is 7.56. The normalized spacial score (nSPS) is 15.7. The van der Waals surface area contributed by atoms with Crippen LogP contribution in [0.15, 0.2) is 48.1 Å². The minimum Gasteiger partial charge on any atom is -0.374 e. The molecule has 0 aliphatic rings. The molecule has 1 unspecified atom stereocenters. The van der Waals surface area contributed by atoms with Gasteiger partial charge in [0.1, 0.15) is 0 Å². The van der Waals surface area contributed by atoms with Gasteiger partial charge in [0, 0.05) is 7.11 Å². The lowest BCUT2D eigenvalue weighted by molar-refractivity contribution is 0.0422. The molecule has 0 bridgehead atoms. The molecule has 1 atom stereocenters. The molecular formula is C16H26O. The van der Waals surface area contributed by atoms with Gasteiger partial charge in [0.25, 0.3) is 0 Å². The average Bonchev–Trinajstić information content (AvgIpc) is 2.28. The molecular weight excluding hydrogens is 208 g/mol. The fraction of sp³-hybridized carbons (Fsp3) is 0.500. The van der Waals surface area contributed by atoms with Crippen molar-refractivity contribution in [2.75, 3.05) is 7.11 Å². The van der Waals surface area contributed by atoms with Crippen molar-refractivity contribution < 1.29 is 4.74 Å². The molecule has 0 rings (SSSR count). The average molecular weight is 234 g/mol. The van der Waals surface area contributed by atoms with Gasteiger partial charge in [-0.1, -0.05) is 48.1 Å². The fourth-order valence-electron chi connectivity index (χ4n) is 1.37. The van der Waals surface area contributed by atoms with Crippen molar-refractivity contribution in [1.29, 1.82) is 0 Å². The molecule has 1 heteroatoms. The Bertz CT molecular complexity index is 316. The van der Waals surface area contributed by atoms with E-state index in [1.807, 2.05) is 25.2 Å². The van der Waals surface area contributed by atoms with Crippen LogP contribution in [0.2, 0.25) is 0 Å². The lowest BCUT2D eigenvalue weighted by Gasteiger charge is -2.23. The number of rotatable bonds is 7. The summed E-state index contributed by atoms with van der Waals surface area (Å²) in [5.41, 5.74) is 2.32. The van der Waals surface area contributed by atoms with Crippen LogP contribution in [0.25, 0.3) is 0 Å². The van der Waals surface area contributed by atoms with Crippen LogP contribution in [0, 0.1) is 0 Å². The van der Waals surface area contributed by atoms with Gasteiger partial charge in [0.05, 0.1) is 5.60 Å². The molecule has 0 N–H and O–H groups in total. The number of hydrogen-bond donors (Lipinski definition) is 0. The second-order valence-electron chi connectivity index (χ2n) is 4.81. The van der Waals surface area contributed by atoms with Gasteiger partial charge in [-0.2, -0.15) is 0 Å². The van der Waals surface area contributed by atoms with Crippen LogP contribution in [0.1, 0.15) is 40.5 Å². The van der Waals surface area contributed by atoms with E-state index in [1.165, 1.54) is 5.57 Å². The molecule has 96 valence electrons. The first-order chi connectivity index (χ1) is 7.93. The summed E-state index contributed by atoms with van der Waals surface area (Å²) in [4.78, 5) is 0. The van der Waals surface area contributed by atoms with Gasteiger partial charge >= 0.3 is 0 Å². The van der Waals surface area contributed by atoms with Crippen LogP contribution >= 0.6 is 0 Å². The number of allylic oxidation sites excluding steroid dienone is 6. The van der Waals surface area contributed by atoms with Crippen LogP contribution < -0.4 is 0 Å². The maximum Gasteiger partial charge on any atom is 0.0836 e. The quantitative estimate of drug-likeness (QED) is 0.453. The predicted molar refractivity (Wildman–Crippen MR) is 77.2 cm³/mol. The molecule has 0 aliphatic heterocycles. The highest BCUT2D eigenvalue weighted by molar-refractivity contribution is 5.21. The molecule has 0 fully saturated rings. The molecule has 0 amide bonds. The third-order valence-electron chi connectivity index (χ3n) is 2.79. The number of ether oxygens (including phenoxy) is 1. The summed E-state index contributed by atoms with van der Waals surface area (Å²) in [7, 11) is 1.76. The molecule has 0 aromatic carbocycles. The van der Waals surface area contributed by atoms with Crippen LogP contribution in [0.4, 0.5) is 0 Å². The summed E-state index contributed by atoms with van der Waals surface area (Å²) in [6.45, 7) is 12.1. The van der Waals surface area contributed by atoms with Crippen molar-refractivity contribution in [2.45, 2.75) is 46.1 Å². The zero-order valence-electron chi connectivity index (χ0n) is 11.9. The van der Waals surface area contributed by atoms with Crippen LogP contribution in [-0.4, -0.2) is 12.7 Å². The molecule has 0 spiro atoms. The van der Waals surface area contributed by atoms with Crippen LogP contribution in [0.3, 0.4) is 0 Å². The van der Waals surface area contributed by atoms with Gasteiger partial charge in [0.2, 0.25) is 0 Å². The SMILES string of the molecule is C=C/C(C)=C/C=C/C(C)(CCC=C(C)C)OC. The first-order valence-electron chi connectivity index (χ1n) is 6.10. The maximum absolute atomic E-state index is 5.56. The van der Waals surface area contributed by atoms with E-state index < -0.39 is 0 Å². The van der Waals surface area contributed by atoms with E-state index in [9.17, 15) is 0 Å². The van der Waals surface area contributed by atoms with Gasteiger partial charge in [-0.3, -0.25) is 0 Å². The molecule has 0 aromatic heterocycles. The summed E-state index contributed by atoms with van der Waals surface area (Å²) in [6.07, 6.45) is 12.3. The van der Waals surface area contributed by atoms with Crippen molar-refractivity contribution in [3.63, 3.8) is 0 Å². The van der Waals surface area contributed by atoms with Crippen LogP contribution in [-0.2, 0) is 4.74 Å². The monoisotopic (exact) mass is 234 g/mol. The van der Waals surface area contributed by atoms with Crippen molar-refractivity contribution >= 4 is 0 Å². The zero-order chi connectivity index (χ0) is 13.3. The van der Waals surface area contributed by atoms with Gasteiger partial charge < -0.3 is 4.74 Å². The zero-order valence-corrected chi connectivity index (χ0v) is 11.9. The summed E-state index contributed by atoms with van der Waals surface area (Å²) in [5, 5.41) is 0. The van der Waals surface area contributed by atoms with E-state index in [-0.39, 0.29) is 5.60 Å². The Hall–Kier alpha value is -1.08. The molecule has 0 heterocycles. The second-order valence-corrected chi connectivity index (χ2v) is 4.81. The standard InChI is InChI=1S/C16H26O/c1-7-15(4)11-9-13-16(5,17-6)12-8-10-14(2)3/h7,9-11,13H,1,8,12H2,2-6H3/b13-9+,15-11+. The predicted octanol–water partition coefficient (Wildman–Crippen LogP) is 4.83. The molecule has 0 aromatic rings. The highest BCUT2D eigenvalue weighted by Gasteiger charge is 2.17. The lowest BCUT2D eigenvalue weighted by Crippen LogP contribution is -2.23. The Labute approximate surface area is 107 Å². The number of hydrogen-bond acceptors (Lipinski definition) is 1. The molecule has 1 nitrogen and oxygen atoms in total. The summed E-state index contributed by atoms with van der Waals surface area (Å²) < 4.78 is 5.56. The van der Waals surface area contributed by atoms with E-state index in [0.29, 0.717) is 0 Å². The Morgan fingerprint density at radius 3 is 2.41 bits per heavy atom. The Morgan fingerprint density at radius 1 is 1.29 bits per heavy atom. The number of methoxy groups -OCH3 is 1. The van der Waals surface area contributed by atoms with E-state index >= 15 is 0 Å². The van der Waals surface area contributed by atoms with E-state index in [4.69, 9.17) is 4.74 Å². The third kappa shape index (κ3) is 7.76.